The molecule has 1 N–H and O–H groups in total. The van der Waals surface area contributed by atoms with Gasteiger partial charge in [0, 0.05) is 21.8 Å². The van der Waals surface area contributed by atoms with Crippen LogP contribution in [-0.4, -0.2) is 23.3 Å². The van der Waals surface area contributed by atoms with Crippen molar-refractivity contribution in [2.75, 3.05) is 6.54 Å². The van der Waals surface area contributed by atoms with Crippen molar-refractivity contribution in [2.24, 2.45) is 0 Å². The van der Waals surface area contributed by atoms with Gasteiger partial charge in [-0.05, 0) is 12.1 Å². The highest BCUT2D eigenvalue weighted by atomic mass is 16.6. The Balaban J connectivity index is 1.89. The molecular formula is C16H14N2O2. The first kappa shape index (κ1) is 11.3. The molecule has 1 unspecified atom stereocenters. The zero-order valence-corrected chi connectivity index (χ0v) is 10.9. The number of fused-ring (bicyclic) bond motifs is 3. The molecule has 100 valence electrons. The number of nitrogens with zero attached hydrogens (tertiary/aromatic N) is 1. The summed E-state index contributed by atoms with van der Waals surface area (Å²) in [6.45, 7) is 1.24. The summed E-state index contributed by atoms with van der Waals surface area (Å²) in [7, 11) is 0. The molecule has 3 aromatic rings. The zero-order valence-electron chi connectivity index (χ0n) is 10.9. The fraction of sp³-hybridized carbons (Fsp3) is 0.188. The van der Waals surface area contributed by atoms with E-state index in [2.05, 4.69) is 46.3 Å². The fourth-order valence-corrected chi connectivity index (χ4v) is 2.94. The van der Waals surface area contributed by atoms with Crippen LogP contribution in [0.4, 0.5) is 4.79 Å². The Morgan fingerprint density at radius 1 is 1.05 bits per heavy atom. The number of benzene rings is 2. The van der Waals surface area contributed by atoms with E-state index in [4.69, 9.17) is 4.74 Å². The minimum absolute atomic E-state index is 0.110. The summed E-state index contributed by atoms with van der Waals surface area (Å²) in [6, 6.07) is 16.7. The van der Waals surface area contributed by atoms with E-state index in [1.54, 1.807) is 0 Å². The van der Waals surface area contributed by atoms with Crippen molar-refractivity contribution >= 4 is 27.9 Å². The highest BCUT2D eigenvalue weighted by molar-refractivity contribution is 6.07. The van der Waals surface area contributed by atoms with Crippen LogP contribution in [-0.2, 0) is 11.3 Å². The Bertz CT molecular complexity index is 753. The van der Waals surface area contributed by atoms with Gasteiger partial charge in [-0.1, -0.05) is 36.4 Å². The van der Waals surface area contributed by atoms with Gasteiger partial charge in [0.2, 0.25) is 0 Å². The molecular weight excluding hydrogens is 252 g/mol. The summed E-state index contributed by atoms with van der Waals surface area (Å²) >= 11 is 0. The predicted molar refractivity (Wildman–Crippen MR) is 77.7 cm³/mol. The number of cyclic esters (lactones) is 1. The van der Waals surface area contributed by atoms with E-state index in [9.17, 15) is 4.79 Å². The maximum Gasteiger partial charge on any atom is 0.407 e. The molecule has 1 fully saturated rings. The number of amides is 1. The molecule has 2 aromatic carbocycles. The summed E-state index contributed by atoms with van der Waals surface area (Å²) in [4.78, 5) is 11.2. The number of rotatable bonds is 2. The van der Waals surface area contributed by atoms with E-state index in [-0.39, 0.29) is 12.2 Å². The maximum absolute atomic E-state index is 11.2. The Hall–Kier alpha value is -2.49. The van der Waals surface area contributed by atoms with Crippen molar-refractivity contribution in [3.05, 3.63) is 48.5 Å². The van der Waals surface area contributed by atoms with Crippen LogP contribution >= 0.6 is 0 Å². The SMILES string of the molecule is O=C1NCC(Cn2c3ccccc3c3ccccc32)O1. The van der Waals surface area contributed by atoms with Gasteiger partial charge < -0.3 is 14.6 Å². The highest BCUT2D eigenvalue weighted by Gasteiger charge is 2.24. The number of ether oxygens (including phenoxy) is 1. The van der Waals surface area contributed by atoms with Gasteiger partial charge in [0.15, 0.2) is 0 Å². The first-order valence-electron chi connectivity index (χ1n) is 6.73. The van der Waals surface area contributed by atoms with Gasteiger partial charge in [0.05, 0.1) is 13.1 Å². The molecule has 1 aliphatic heterocycles. The average molecular weight is 266 g/mol. The van der Waals surface area contributed by atoms with Crippen molar-refractivity contribution < 1.29 is 9.53 Å². The molecule has 1 atom stereocenters. The molecule has 1 amide bonds. The van der Waals surface area contributed by atoms with Crippen LogP contribution in [0.2, 0.25) is 0 Å². The van der Waals surface area contributed by atoms with E-state index in [0.29, 0.717) is 13.1 Å². The van der Waals surface area contributed by atoms with Crippen molar-refractivity contribution in [1.82, 2.24) is 9.88 Å². The number of carbonyl (C=O) groups is 1. The van der Waals surface area contributed by atoms with Crippen LogP contribution in [0.1, 0.15) is 0 Å². The van der Waals surface area contributed by atoms with E-state index in [1.807, 2.05) is 12.1 Å². The molecule has 0 saturated carbocycles. The molecule has 0 aliphatic carbocycles. The third-order valence-corrected chi connectivity index (χ3v) is 3.81. The maximum atomic E-state index is 11.2. The monoisotopic (exact) mass is 266 g/mol. The molecule has 1 saturated heterocycles. The van der Waals surface area contributed by atoms with Gasteiger partial charge in [-0.2, -0.15) is 0 Å². The fourth-order valence-electron chi connectivity index (χ4n) is 2.94. The van der Waals surface area contributed by atoms with E-state index in [0.717, 1.165) is 0 Å². The van der Waals surface area contributed by atoms with Gasteiger partial charge in [0.25, 0.3) is 0 Å². The highest BCUT2D eigenvalue weighted by Crippen LogP contribution is 2.29. The predicted octanol–water partition coefficient (Wildman–Crippen LogP) is 2.90. The molecule has 0 bridgehead atoms. The summed E-state index contributed by atoms with van der Waals surface area (Å²) in [5.74, 6) is 0. The molecule has 0 radical (unpaired) electrons. The van der Waals surface area contributed by atoms with Gasteiger partial charge >= 0.3 is 6.09 Å². The van der Waals surface area contributed by atoms with Crippen LogP contribution in [0, 0.1) is 0 Å². The standard InChI is InChI=1S/C16H14N2O2/c19-16-17-9-11(20-16)10-18-14-7-3-1-5-12(14)13-6-2-4-8-15(13)18/h1-8,11H,9-10H2,(H,17,19). The Labute approximate surface area is 115 Å². The Kier molecular flexibility index (Phi) is 2.42. The van der Waals surface area contributed by atoms with Crippen LogP contribution in [0.3, 0.4) is 0 Å². The summed E-state index contributed by atoms with van der Waals surface area (Å²) < 4.78 is 7.49. The Morgan fingerprint density at radius 3 is 2.20 bits per heavy atom. The lowest BCUT2D eigenvalue weighted by Crippen LogP contribution is -2.20. The average Bonchev–Trinajstić information content (AvgIpc) is 3.03. The molecule has 1 aliphatic rings. The second-order valence-corrected chi connectivity index (χ2v) is 5.05. The number of aromatic nitrogens is 1. The number of carbonyl (C=O) groups excluding carboxylic acids is 1. The Morgan fingerprint density at radius 2 is 1.65 bits per heavy atom. The zero-order chi connectivity index (χ0) is 13.5. The first-order valence-corrected chi connectivity index (χ1v) is 6.73. The molecule has 20 heavy (non-hydrogen) atoms. The number of nitrogens with one attached hydrogen (secondary N) is 1. The van der Waals surface area contributed by atoms with Crippen LogP contribution in [0.5, 0.6) is 0 Å². The number of para-hydroxylation sites is 2. The van der Waals surface area contributed by atoms with Gasteiger partial charge in [-0.15, -0.1) is 0 Å². The van der Waals surface area contributed by atoms with Crippen molar-refractivity contribution in [1.29, 1.82) is 0 Å². The lowest BCUT2D eigenvalue weighted by molar-refractivity contribution is 0.132. The lowest BCUT2D eigenvalue weighted by Gasteiger charge is -2.11. The van der Waals surface area contributed by atoms with Gasteiger partial charge in [-0.25, -0.2) is 4.79 Å². The van der Waals surface area contributed by atoms with Crippen molar-refractivity contribution in [3.63, 3.8) is 0 Å². The minimum Gasteiger partial charge on any atom is -0.442 e. The molecule has 4 heteroatoms. The number of alkyl carbamates (subject to hydrolysis) is 1. The van der Waals surface area contributed by atoms with Gasteiger partial charge in [-0.3, -0.25) is 0 Å². The van der Waals surface area contributed by atoms with Crippen LogP contribution in [0.15, 0.2) is 48.5 Å². The topological polar surface area (TPSA) is 43.3 Å². The lowest BCUT2D eigenvalue weighted by atomic mass is 10.2. The second kappa shape index (κ2) is 4.27. The van der Waals surface area contributed by atoms with Crippen molar-refractivity contribution in [2.45, 2.75) is 12.6 Å². The molecule has 2 heterocycles. The molecule has 0 spiro atoms. The first-order chi connectivity index (χ1) is 9.83. The smallest absolute Gasteiger partial charge is 0.407 e. The number of hydrogen-bond acceptors (Lipinski definition) is 2. The van der Waals surface area contributed by atoms with E-state index >= 15 is 0 Å². The second-order valence-electron chi connectivity index (χ2n) is 5.05. The summed E-state index contributed by atoms with van der Waals surface area (Å²) in [6.07, 6.45) is -0.433. The summed E-state index contributed by atoms with van der Waals surface area (Å²) in [5.41, 5.74) is 2.35. The van der Waals surface area contributed by atoms with Crippen molar-refractivity contribution in [3.8, 4) is 0 Å². The molecule has 1 aromatic heterocycles. The van der Waals surface area contributed by atoms with E-state index < -0.39 is 0 Å². The number of hydrogen-bond donors (Lipinski definition) is 1. The minimum atomic E-state index is -0.323. The summed E-state index contributed by atoms with van der Waals surface area (Å²) in [5, 5.41) is 5.18. The van der Waals surface area contributed by atoms with Crippen LogP contribution < -0.4 is 5.32 Å². The normalized spacial score (nSPS) is 18.4. The third kappa shape index (κ3) is 1.65. The largest absolute Gasteiger partial charge is 0.442 e. The van der Waals surface area contributed by atoms with E-state index in [1.165, 1.54) is 21.8 Å². The van der Waals surface area contributed by atoms with Gasteiger partial charge in [0.1, 0.15) is 6.10 Å². The van der Waals surface area contributed by atoms with Crippen LogP contribution in [0.25, 0.3) is 21.8 Å². The quantitative estimate of drug-likeness (QED) is 0.775. The molecule has 4 nitrogen and oxygen atoms in total. The third-order valence-electron chi connectivity index (χ3n) is 3.81. The molecule has 4 rings (SSSR count).